The predicted molar refractivity (Wildman–Crippen MR) is 113 cm³/mol. The number of hydrogen-bond acceptors (Lipinski definition) is 7. The fourth-order valence-corrected chi connectivity index (χ4v) is 8.42. The molecule has 3 spiro atoms. The summed E-state index contributed by atoms with van der Waals surface area (Å²) < 4.78 is 22.3. The maximum Gasteiger partial charge on any atom is 0.414 e. The van der Waals surface area contributed by atoms with Gasteiger partial charge in [0.25, 0.3) is 0 Å². The standard InChI is InChI=1S/C24H26N2O6/c1-29-19(27)15-12-22-6-3-10-25-11-9-23(20(22)25)14-4-5-16-18(32-13-31-16)17(14)26(21(28)30-2)24(15,23)8-7-22/h4-5,12,20H,3,6-11,13H2,1-2H3/t20-,22+,23+,24+/m0/s1. The molecule has 8 heteroatoms. The summed E-state index contributed by atoms with van der Waals surface area (Å²) in [5.74, 6) is 0.832. The number of anilines is 1. The molecule has 0 radical (unpaired) electrons. The number of rotatable bonds is 1. The third-order valence-corrected chi connectivity index (χ3v) is 9.19. The van der Waals surface area contributed by atoms with Gasteiger partial charge in [-0.05, 0) is 56.8 Å². The van der Waals surface area contributed by atoms with Crippen molar-refractivity contribution in [2.24, 2.45) is 5.41 Å². The van der Waals surface area contributed by atoms with Gasteiger partial charge in [-0.1, -0.05) is 12.1 Å². The molecule has 4 atom stereocenters. The van der Waals surface area contributed by atoms with E-state index < -0.39 is 17.0 Å². The van der Waals surface area contributed by atoms with Crippen molar-refractivity contribution in [1.29, 1.82) is 0 Å². The molecule has 2 bridgehead atoms. The first-order valence-corrected chi connectivity index (χ1v) is 11.4. The van der Waals surface area contributed by atoms with Crippen LogP contribution in [-0.4, -0.2) is 62.6 Å². The number of amides is 1. The Bertz CT molecular complexity index is 1120. The van der Waals surface area contributed by atoms with E-state index in [0.717, 1.165) is 44.3 Å². The van der Waals surface area contributed by atoms with E-state index in [1.807, 2.05) is 6.07 Å². The molecule has 3 fully saturated rings. The summed E-state index contributed by atoms with van der Waals surface area (Å²) in [6.45, 7) is 2.10. The lowest BCUT2D eigenvalue weighted by Crippen LogP contribution is -2.75. The summed E-state index contributed by atoms with van der Waals surface area (Å²) in [5, 5.41) is 0. The van der Waals surface area contributed by atoms with Crippen molar-refractivity contribution >= 4 is 17.7 Å². The molecule has 168 valence electrons. The van der Waals surface area contributed by atoms with Crippen LogP contribution >= 0.6 is 0 Å². The molecular formula is C24H26N2O6. The summed E-state index contributed by atoms with van der Waals surface area (Å²) in [6.07, 6.45) is 6.33. The molecular weight excluding hydrogens is 412 g/mol. The number of fused-ring (bicyclic) bond motifs is 4. The van der Waals surface area contributed by atoms with Gasteiger partial charge in [-0.15, -0.1) is 0 Å². The Kier molecular flexibility index (Phi) is 3.40. The molecule has 8 rings (SSSR count). The highest BCUT2D eigenvalue weighted by Crippen LogP contribution is 2.75. The minimum absolute atomic E-state index is 0.0974. The zero-order valence-electron chi connectivity index (χ0n) is 18.3. The Hall–Kier alpha value is -2.74. The number of benzene rings is 1. The van der Waals surface area contributed by atoms with Gasteiger partial charge in [-0.2, -0.15) is 0 Å². The minimum atomic E-state index is -0.866. The van der Waals surface area contributed by atoms with Crippen LogP contribution in [0.1, 0.15) is 37.7 Å². The average Bonchev–Trinajstić information content (AvgIpc) is 3.52. The van der Waals surface area contributed by atoms with E-state index in [0.29, 0.717) is 29.2 Å². The van der Waals surface area contributed by atoms with Gasteiger partial charge < -0.3 is 18.9 Å². The Morgan fingerprint density at radius 1 is 1.06 bits per heavy atom. The Balaban J connectivity index is 1.62. The van der Waals surface area contributed by atoms with E-state index in [1.165, 1.54) is 14.2 Å². The number of nitrogens with zero attached hydrogens (tertiary/aromatic N) is 2. The van der Waals surface area contributed by atoms with Crippen LogP contribution in [0, 0.1) is 5.41 Å². The molecule has 4 aliphatic heterocycles. The lowest BCUT2D eigenvalue weighted by atomic mass is 9.42. The van der Waals surface area contributed by atoms with Gasteiger partial charge in [0.1, 0.15) is 0 Å². The zero-order chi connectivity index (χ0) is 21.9. The molecule has 0 aromatic heterocycles. The van der Waals surface area contributed by atoms with Crippen LogP contribution < -0.4 is 14.4 Å². The van der Waals surface area contributed by atoms with Crippen molar-refractivity contribution in [2.45, 2.75) is 49.1 Å². The van der Waals surface area contributed by atoms with Crippen LogP contribution in [0.5, 0.6) is 11.5 Å². The molecule has 8 nitrogen and oxygen atoms in total. The lowest BCUT2D eigenvalue weighted by Gasteiger charge is -2.66. The highest BCUT2D eigenvalue weighted by Gasteiger charge is 2.80. The van der Waals surface area contributed by atoms with Crippen LogP contribution in [0.3, 0.4) is 0 Å². The largest absolute Gasteiger partial charge is 0.466 e. The first-order valence-electron chi connectivity index (χ1n) is 11.4. The number of esters is 1. The maximum absolute atomic E-state index is 13.5. The molecule has 4 heterocycles. The molecule has 2 saturated heterocycles. The van der Waals surface area contributed by atoms with E-state index in [2.05, 4.69) is 17.0 Å². The van der Waals surface area contributed by atoms with E-state index in [4.69, 9.17) is 18.9 Å². The zero-order valence-corrected chi connectivity index (χ0v) is 18.3. The van der Waals surface area contributed by atoms with Crippen molar-refractivity contribution < 1.29 is 28.5 Å². The monoisotopic (exact) mass is 438 g/mol. The van der Waals surface area contributed by atoms with E-state index in [9.17, 15) is 9.59 Å². The van der Waals surface area contributed by atoms with Crippen molar-refractivity contribution in [3.63, 3.8) is 0 Å². The molecule has 3 aliphatic carbocycles. The number of ether oxygens (including phenoxy) is 4. The van der Waals surface area contributed by atoms with E-state index in [-0.39, 0.29) is 24.2 Å². The maximum atomic E-state index is 13.5. The quantitative estimate of drug-likeness (QED) is 0.624. The molecule has 1 aromatic carbocycles. The van der Waals surface area contributed by atoms with Gasteiger partial charge in [0.05, 0.1) is 31.0 Å². The van der Waals surface area contributed by atoms with Gasteiger partial charge in [0.15, 0.2) is 11.5 Å². The SMILES string of the molecule is COC(=O)C1=C[C@@]23CCCN4CC[C@@]5(c6ccc7c(c6N(C(=O)OC)[C@]15CC2)OCO7)[C@@H]43. The van der Waals surface area contributed by atoms with Gasteiger partial charge in [0.2, 0.25) is 6.79 Å². The number of methoxy groups -OCH3 is 2. The first-order chi connectivity index (χ1) is 15.5. The van der Waals surface area contributed by atoms with Crippen molar-refractivity contribution in [3.8, 4) is 11.5 Å². The highest BCUT2D eigenvalue weighted by molar-refractivity contribution is 6.05. The van der Waals surface area contributed by atoms with Crippen molar-refractivity contribution in [3.05, 3.63) is 29.3 Å². The summed E-state index contributed by atoms with van der Waals surface area (Å²) in [4.78, 5) is 31.2. The van der Waals surface area contributed by atoms with Gasteiger partial charge in [-0.25, -0.2) is 9.59 Å². The van der Waals surface area contributed by atoms with Gasteiger partial charge >= 0.3 is 12.1 Å². The van der Waals surface area contributed by atoms with E-state index in [1.54, 1.807) is 4.90 Å². The fourth-order valence-electron chi connectivity index (χ4n) is 8.42. The van der Waals surface area contributed by atoms with Crippen molar-refractivity contribution in [1.82, 2.24) is 4.90 Å². The molecule has 32 heavy (non-hydrogen) atoms. The smallest absolute Gasteiger partial charge is 0.414 e. The van der Waals surface area contributed by atoms with Gasteiger partial charge in [-0.3, -0.25) is 9.80 Å². The third-order valence-electron chi connectivity index (χ3n) is 9.19. The molecule has 7 aliphatic rings. The van der Waals surface area contributed by atoms with E-state index >= 15 is 0 Å². The van der Waals surface area contributed by atoms with Crippen LogP contribution in [-0.2, 0) is 19.7 Å². The number of carbonyl (C=O) groups is 2. The number of carbonyl (C=O) groups excluding carboxylic acids is 2. The summed E-state index contributed by atoms with van der Waals surface area (Å²) in [5.41, 5.74) is 0.982. The Morgan fingerprint density at radius 3 is 2.75 bits per heavy atom. The second-order valence-corrected chi connectivity index (χ2v) is 9.91. The summed E-state index contributed by atoms with van der Waals surface area (Å²) >= 11 is 0. The fraction of sp³-hybridized carbons (Fsp3) is 0.583. The number of piperidine rings is 1. The van der Waals surface area contributed by atoms with Crippen LogP contribution in [0.4, 0.5) is 10.5 Å². The second kappa shape index (κ2) is 5.78. The predicted octanol–water partition coefficient (Wildman–Crippen LogP) is 2.74. The topological polar surface area (TPSA) is 77.5 Å². The molecule has 1 saturated carbocycles. The van der Waals surface area contributed by atoms with Crippen LogP contribution in [0.15, 0.2) is 23.8 Å². The Morgan fingerprint density at radius 2 is 1.94 bits per heavy atom. The number of hydrogen-bond donors (Lipinski definition) is 0. The molecule has 0 unspecified atom stereocenters. The Labute approximate surface area is 186 Å². The average molecular weight is 438 g/mol. The third kappa shape index (κ3) is 1.73. The van der Waals surface area contributed by atoms with Gasteiger partial charge in [0, 0.05) is 16.9 Å². The summed E-state index contributed by atoms with van der Waals surface area (Å²) in [6, 6.07) is 4.26. The van der Waals surface area contributed by atoms with Crippen LogP contribution in [0.2, 0.25) is 0 Å². The summed E-state index contributed by atoms with van der Waals surface area (Å²) in [7, 11) is 2.81. The second-order valence-electron chi connectivity index (χ2n) is 9.91. The highest BCUT2D eigenvalue weighted by atomic mass is 16.7. The molecule has 1 aromatic rings. The van der Waals surface area contributed by atoms with Crippen LogP contribution in [0.25, 0.3) is 0 Å². The molecule has 1 amide bonds. The first kappa shape index (κ1) is 18.8. The van der Waals surface area contributed by atoms with Crippen molar-refractivity contribution in [2.75, 3.05) is 39.0 Å². The minimum Gasteiger partial charge on any atom is -0.466 e. The normalized spacial score (nSPS) is 37.5. The lowest BCUT2D eigenvalue weighted by molar-refractivity contribution is -0.139. The molecule has 0 N–H and O–H groups in total.